The first-order valence-corrected chi connectivity index (χ1v) is 6.94. The monoisotopic (exact) mass is 366 g/mol. The van der Waals surface area contributed by atoms with E-state index in [-0.39, 0.29) is 17.9 Å². The summed E-state index contributed by atoms with van der Waals surface area (Å²) in [6, 6.07) is 11.3. The number of nitro groups is 1. The van der Waals surface area contributed by atoms with Crippen molar-refractivity contribution in [3.05, 3.63) is 67.1 Å². The second-order valence-electron chi connectivity index (χ2n) is 4.05. The van der Waals surface area contributed by atoms with E-state index < -0.39 is 4.92 Å². The summed E-state index contributed by atoms with van der Waals surface area (Å²) in [5.74, 6) is 0.371. The summed E-state index contributed by atoms with van der Waals surface area (Å²) in [4.78, 5) is 10.2. The van der Waals surface area contributed by atoms with Crippen LogP contribution >= 0.6 is 27.5 Å². The summed E-state index contributed by atoms with van der Waals surface area (Å²) >= 11 is 9.17. The summed E-state index contributed by atoms with van der Waals surface area (Å²) in [5, 5.41) is 20.0. The highest BCUT2D eigenvalue weighted by molar-refractivity contribution is 9.10. The summed E-state index contributed by atoms with van der Waals surface area (Å²) in [6.07, 6.45) is 0. The second kappa shape index (κ2) is 6.57. The molecule has 0 N–H and O–H groups in total. The molecule has 0 bridgehead atoms. The number of halogens is 2. The van der Waals surface area contributed by atoms with Gasteiger partial charge in [-0.15, -0.1) is 0 Å². The van der Waals surface area contributed by atoms with E-state index in [1.54, 1.807) is 24.3 Å². The van der Waals surface area contributed by atoms with Crippen LogP contribution in [-0.4, -0.2) is 4.92 Å². The molecule has 106 valence electrons. The van der Waals surface area contributed by atoms with Crippen LogP contribution in [0.25, 0.3) is 0 Å². The molecule has 0 amide bonds. The molecule has 0 aromatic heterocycles. The predicted octanol–water partition coefficient (Wildman–Crippen LogP) is 4.46. The molecule has 2 aromatic carbocycles. The van der Waals surface area contributed by atoms with Crippen molar-refractivity contribution in [2.45, 2.75) is 6.61 Å². The predicted molar refractivity (Wildman–Crippen MR) is 81.3 cm³/mol. The molecule has 21 heavy (non-hydrogen) atoms. The Balaban J connectivity index is 2.20. The van der Waals surface area contributed by atoms with Crippen molar-refractivity contribution in [1.82, 2.24) is 0 Å². The summed E-state index contributed by atoms with van der Waals surface area (Å²) in [6.45, 7) is 0.160. The van der Waals surface area contributed by atoms with Gasteiger partial charge >= 0.3 is 0 Å². The minimum absolute atomic E-state index is 0.00825. The number of non-ortho nitro benzene ring substituents is 1. The van der Waals surface area contributed by atoms with E-state index >= 15 is 0 Å². The van der Waals surface area contributed by atoms with Gasteiger partial charge in [-0.1, -0.05) is 33.6 Å². The number of hydrogen-bond acceptors (Lipinski definition) is 4. The van der Waals surface area contributed by atoms with E-state index in [4.69, 9.17) is 21.6 Å². The van der Waals surface area contributed by atoms with Crippen molar-refractivity contribution < 1.29 is 9.66 Å². The van der Waals surface area contributed by atoms with E-state index in [1.807, 2.05) is 6.07 Å². The lowest BCUT2D eigenvalue weighted by Crippen LogP contribution is -1.99. The molecule has 0 heterocycles. The highest BCUT2D eigenvalue weighted by Crippen LogP contribution is 2.28. The molecule has 5 nitrogen and oxygen atoms in total. The van der Waals surface area contributed by atoms with E-state index in [0.29, 0.717) is 15.2 Å². The molecule has 2 aromatic rings. The zero-order valence-corrected chi connectivity index (χ0v) is 12.9. The molecule has 0 fully saturated rings. The smallest absolute Gasteiger partial charge is 0.270 e. The Morgan fingerprint density at radius 3 is 2.76 bits per heavy atom. The number of benzene rings is 2. The van der Waals surface area contributed by atoms with Gasteiger partial charge in [0.05, 0.1) is 9.95 Å². The van der Waals surface area contributed by atoms with E-state index in [2.05, 4.69) is 15.9 Å². The van der Waals surface area contributed by atoms with Crippen LogP contribution in [0, 0.1) is 21.4 Å². The minimum atomic E-state index is -0.472. The molecular weight excluding hydrogens is 360 g/mol. The van der Waals surface area contributed by atoms with Gasteiger partial charge in [0.1, 0.15) is 24.0 Å². The van der Waals surface area contributed by atoms with E-state index in [1.165, 1.54) is 12.1 Å². The van der Waals surface area contributed by atoms with Crippen molar-refractivity contribution in [3.63, 3.8) is 0 Å². The van der Waals surface area contributed by atoms with Crippen LogP contribution in [0.4, 0.5) is 5.69 Å². The average molecular weight is 368 g/mol. The lowest BCUT2D eigenvalue weighted by Gasteiger charge is -2.10. The first-order valence-electron chi connectivity index (χ1n) is 5.77. The topological polar surface area (TPSA) is 76.2 Å². The van der Waals surface area contributed by atoms with Gasteiger partial charge in [-0.3, -0.25) is 10.1 Å². The Hall–Kier alpha value is -2.10. The SMILES string of the molecule is N#Cc1c(Cl)cccc1OCc1ccc([N+](=O)[O-])cc1Br. The van der Waals surface area contributed by atoms with Gasteiger partial charge in [0.25, 0.3) is 5.69 Å². The lowest BCUT2D eigenvalue weighted by atomic mass is 10.2. The Bertz CT molecular complexity index is 743. The Kier molecular flexibility index (Phi) is 4.78. The molecule has 0 saturated carbocycles. The second-order valence-corrected chi connectivity index (χ2v) is 5.31. The standard InChI is InChI=1S/C14H8BrClN2O3/c15-12-6-10(18(19)20)5-4-9(12)8-21-14-3-1-2-13(16)11(14)7-17/h1-6H,8H2. The maximum atomic E-state index is 10.7. The van der Waals surface area contributed by atoms with Crippen LogP contribution in [0.3, 0.4) is 0 Å². The summed E-state index contributed by atoms with van der Waals surface area (Å²) in [5.41, 5.74) is 0.979. The highest BCUT2D eigenvalue weighted by atomic mass is 79.9. The molecule has 0 unspecified atom stereocenters. The van der Waals surface area contributed by atoms with Gasteiger partial charge in [-0.05, 0) is 18.2 Å². The molecule has 7 heteroatoms. The molecule has 0 atom stereocenters. The number of nitrogens with zero attached hydrogens (tertiary/aromatic N) is 2. The fourth-order valence-electron chi connectivity index (χ4n) is 1.66. The number of rotatable bonds is 4. The number of nitro benzene ring substituents is 1. The zero-order chi connectivity index (χ0) is 15.4. The first kappa shape index (κ1) is 15.3. The Morgan fingerprint density at radius 2 is 2.14 bits per heavy atom. The van der Waals surface area contributed by atoms with Gasteiger partial charge < -0.3 is 4.74 Å². The van der Waals surface area contributed by atoms with Gasteiger partial charge in [0, 0.05) is 22.2 Å². The molecule has 2 rings (SSSR count). The maximum Gasteiger partial charge on any atom is 0.270 e. The molecule has 0 aliphatic rings. The maximum absolute atomic E-state index is 10.7. The molecular formula is C14H8BrClN2O3. The zero-order valence-electron chi connectivity index (χ0n) is 10.5. The van der Waals surface area contributed by atoms with Crippen LogP contribution in [0.5, 0.6) is 5.75 Å². The van der Waals surface area contributed by atoms with Gasteiger partial charge in [0.2, 0.25) is 0 Å². The van der Waals surface area contributed by atoms with Crippen molar-refractivity contribution in [2.75, 3.05) is 0 Å². The van der Waals surface area contributed by atoms with E-state index in [0.717, 1.165) is 5.56 Å². The van der Waals surface area contributed by atoms with Crippen LogP contribution in [-0.2, 0) is 6.61 Å². The number of ether oxygens (including phenoxy) is 1. The van der Waals surface area contributed by atoms with Crippen LogP contribution in [0.2, 0.25) is 5.02 Å². The average Bonchev–Trinajstić information content (AvgIpc) is 2.45. The van der Waals surface area contributed by atoms with Crippen molar-refractivity contribution >= 4 is 33.2 Å². The quantitative estimate of drug-likeness (QED) is 0.590. The fourth-order valence-corrected chi connectivity index (χ4v) is 2.34. The minimum Gasteiger partial charge on any atom is -0.487 e. The molecule has 0 saturated heterocycles. The normalized spacial score (nSPS) is 9.95. The van der Waals surface area contributed by atoms with E-state index in [9.17, 15) is 10.1 Å². The summed E-state index contributed by atoms with van der Waals surface area (Å²) in [7, 11) is 0. The lowest BCUT2D eigenvalue weighted by molar-refractivity contribution is -0.384. The third-order valence-electron chi connectivity index (χ3n) is 2.72. The number of hydrogen-bond donors (Lipinski definition) is 0. The van der Waals surface area contributed by atoms with Gasteiger partial charge in [0.15, 0.2) is 0 Å². The van der Waals surface area contributed by atoms with Gasteiger partial charge in [-0.25, -0.2) is 0 Å². The van der Waals surface area contributed by atoms with Gasteiger partial charge in [-0.2, -0.15) is 5.26 Å². The Morgan fingerprint density at radius 1 is 1.38 bits per heavy atom. The third kappa shape index (κ3) is 3.51. The molecule has 0 radical (unpaired) electrons. The van der Waals surface area contributed by atoms with Crippen molar-refractivity contribution in [2.24, 2.45) is 0 Å². The van der Waals surface area contributed by atoms with Crippen LogP contribution in [0.15, 0.2) is 40.9 Å². The molecule has 0 spiro atoms. The third-order valence-corrected chi connectivity index (χ3v) is 3.77. The Labute approximate surface area is 134 Å². The largest absolute Gasteiger partial charge is 0.487 e. The number of nitriles is 1. The molecule has 0 aliphatic heterocycles. The van der Waals surface area contributed by atoms with Crippen molar-refractivity contribution in [3.8, 4) is 11.8 Å². The van der Waals surface area contributed by atoms with Crippen molar-refractivity contribution in [1.29, 1.82) is 5.26 Å². The highest BCUT2D eigenvalue weighted by Gasteiger charge is 2.11. The van der Waals surface area contributed by atoms with Crippen LogP contribution < -0.4 is 4.74 Å². The molecule has 0 aliphatic carbocycles. The fraction of sp³-hybridized carbons (Fsp3) is 0.0714. The summed E-state index contributed by atoms with van der Waals surface area (Å²) < 4.78 is 6.14. The van der Waals surface area contributed by atoms with Crippen LogP contribution in [0.1, 0.15) is 11.1 Å². The first-order chi connectivity index (χ1) is 10.0.